The van der Waals surface area contributed by atoms with E-state index in [1.165, 1.54) is 0 Å². The zero-order chi connectivity index (χ0) is 14.4. The predicted molar refractivity (Wildman–Crippen MR) is 81.7 cm³/mol. The molecule has 0 saturated heterocycles. The van der Waals surface area contributed by atoms with Gasteiger partial charge in [-0.05, 0) is 30.4 Å². The number of anilines is 2. The predicted octanol–water partition coefficient (Wildman–Crippen LogP) is 3.18. The third-order valence-electron chi connectivity index (χ3n) is 2.86. The number of nitrogens with two attached hydrogens (primary N) is 1. The van der Waals surface area contributed by atoms with E-state index < -0.39 is 0 Å². The molecule has 0 aliphatic rings. The molecule has 108 valence electrons. The Morgan fingerprint density at radius 2 is 1.89 bits per heavy atom. The molecule has 1 heterocycles. The molecule has 0 spiro atoms. The fourth-order valence-corrected chi connectivity index (χ4v) is 1.58. The highest BCUT2D eigenvalue weighted by Crippen LogP contribution is 2.23. The van der Waals surface area contributed by atoms with Gasteiger partial charge in [-0.3, -0.25) is 0 Å². The fraction of sp³-hybridized carbons (Fsp3) is 0.667. The molecule has 4 nitrogen and oxygen atoms in total. The molecule has 19 heavy (non-hydrogen) atoms. The van der Waals surface area contributed by atoms with E-state index >= 15 is 0 Å². The number of pyridine rings is 1. The fourth-order valence-electron chi connectivity index (χ4n) is 1.58. The summed E-state index contributed by atoms with van der Waals surface area (Å²) in [5.74, 6) is 2.60. The minimum absolute atomic E-state index is 0.462. The summed E-state index contributed by atoms with van der Waals surface area (Å²) in [5, 5.41) is 0. The van der Waals surface area contributed by atoms with E-state index in [2.05, 4.69) is 37.6 Å². The zero-order valence-corrected chi connectivity index (χ0v) is 12.8. The maximum atomic E-state index is 5.89. The van der Waals surface area contributed by atoms with Gasteiger partial charge in [0.05, 0.1) is 12.3 Å². The quantitative estimate of drug-likeness (QED) is 0.822. The summed E-state index contributed by atoms with van der Waals surface area (Å²) in [4.78, 5) is 6.64. The third-order valence-corrected chi connectivity index (χ3v) is 2.86. The summed E-state index contributed by atoms with van der Waals surface area (Å²) < 4.78 is 5.65. The van der Waals surface area contributed by atoms with Gasteiger partial charge in [-0.2, -0.15) is 4.98 Å². The Hall–Kier alpha value is -1.45. The van der Waals surface area contributed by atoms with Crippen LogP contribution >= 0.6 is 0 Å². The summed E-state index contributed by atoms with van der Waals surface area (Å²) in [6, 6.07) is 3.81. The van der Waals surface area contributed by atoms with Crippen LogP contribution in [0, 0.1) is 11.8 Å². The minimum atomic E-state index is 0.462. The van der Waals surface area contributed by atoms with Crippen molar-refractivity contribution in [1.82, 2.24) is 4.98 Å². The largest absolute Gasteiger partial charge is 0.476 e. The first kappa shape index (κ1) is 15.6. The SMILES string of the molecule is CC(C)CCN(C)c1ccc(N)c(OCC(C)C)n1. The van der Waals surface area contributed by atoms with Crippen molar-refractivity contribution in [2.45, 2.75) is 34.1 Å². The highest BCUT2D eigenvalue weighted by Gasteiger charge is 2.09. The van der Waals surface area contributed by atoms with Gasteiger partial charge in [-0.25, -0.2) is 0 Å². The first-order chi connectivity index (χ1) is 8.90. The number of aromatic nitrogens is 1. The average molecular weight is 265 g/mol. The Labute approximate surface area is 117 Å². The van der Waals surface area contributed by atoms with E-state index in [-0.39, 0.29) is 0 Å². The van der Waals surface area contributed by atoms with Gasteiger partial charge in [0.15, 0.2) is 0 Å². The molecule has 0 bridgehead atoms. The standard InChI is InChI=1S/C15H27N3O/c1-11(2)8-9-18(5)14-7-6-13(16)15(17-14)19-10-12(3)4/h6-7,11-12H,8-10,16H2,1-5H3. The molecule has 0 aliphatic carbocycles. The van der Waals surface area contributed by atoms with Crippen LogP contribution in [0.2, 0.25) is 0 Å². The van der Waals surface area contributed by atoms with Crippen molar-refractivity contribution < 1.29 is 4.74 Å². The van der Waals surface area contributed by atoms with Gasteiger partial charge in [0, 0.05) is 13.6 Å². The molecular formula is C15H27N3O. The molecule has 0 atom stereocenters. The molecule has 1 rings (SSSR count). The summed E-state index contributed by atoms with van der Waals surface area (Å²) >= 11 is 0. The van der Waals surface area contributed by atoms with Crippen LogP contribution < -0.4 is 15.4 Å². The Morgan fingerprint density at radius 3 is 2.47 bits per heavy atom. The highest BCUT2D eigenvalue weighted by molar-refractivity contribution is 5.54. The van der Waals surface area contributed by atoms with Crippen LogP contribution in [0.4, 0.5) is 11.5 Å². The molecule has 0 amide bonds. The number of nitrogens with zero attached hydrogens (tertiary/aromatic N) is 2. The zero-order valence-electron chi connectivity index (χ0n) is 12.8. The number of ether oxygens (including phenoxy) is 1. The number of hydrogen-bond acceptors (Lipinski definition) is 4. The summed E-state index contributed by atoms with van der Waals surface area (Å²) in [6.45, 7) is 10.3. The minimum Gasteiger partial charge on any atom is -0.476 e. The maximum absolute atomic E-state index is 5.89. The monoisotopic (exact) mass is 265 g/mol. The summed E-state index contributed by atoms with van der Waals surface area (Å²) in [6.07, 6.45) is 1.14. The summed E-state index contributed by atoms with van der Waals surface area (Å²) in [5.41, 5.74) is 6.49. The van der Waals surface area contributed by atoms with Crippen LogP contribution in [-0.2, 0) is 0 Å². The van der Waals surface area contributed by atoms with Gasteiger partial charge in [0.2, 0.25) is 5.88 Å². The Morgan fingerprint density at radius 1 is 1.21 bits per heavy atom. The molecular weight excluding hydrogens is 238 g/mol. The molecule has 4 heteroatoms. The second-order valence-corrected chi connectivity index (χ2v) is 5.87. The van der Waals surface area contributed by atoms with E-state index in [1.54, 1.807) is 0 Å². The lowest BCUT2D eigenvalue weighted by molar-refractivity contribution is 0.263. The second kappa shape index (κ2) is 7.22. The topological polar surface area (TPSA) is 51.4 Å². The molecule has 1 aromatic rings. The molecule has 2 N–H and O–H groups in total. The highest BCUT2D eigenvalue weighted by atomic mass is 16.5. The summed E-state index contributed by atoms with van der Waals surface area (Å²) in [7, 11) is 2.05. The van der Waals surface area contributed by atoms with Crippen molar-refractivity contribution in [3.63, 3.8) is 0 Å². The van der Waals surface area contributed by atoms with Crippen LogP contribution in [0.25, 0.3) is 0 Å². The molecule has 0 saturated carbocycles. The smallest absolute Gasteiger partial charge is 0.239 e. The first-order valence-corrected chi connectivity index (χ1v) is 7.00. The van der Waals surface area contributed by atoms with Crippen LogP contribution in [0.1, 0.15) is 34.1 Å². The van der Waals surface area contributed by atoms with Gasteiger partial charge < -0.3 is 15.4 Å². The number of rotatable bonds is 7. The molecule has 0 radical (unpaired) electrons. The van der Waals surface area contributed by atoms with Crippen LogP contribution in [0.3, 0.4) is 0 Å². The van der Waals surface area contributed by atoms with Crippen LogP contribution in [0.15, 0.2) is 12.1 Å². The van der Waals surface area contributed by atoms with E-state index in [0.717, 1.165) is 18.8 Å². The van der Waals surface area contributed by atoms with Crippen molar-refractivity contribution in [1.29, 1.82) is 0 Å². The van der Waals surface area contributed by atoms with Crippen molar-refractivity contribution >= 4 is 11.5 Å². The lowest BCUT2D eigenvalue weighted by Gasteiger charge is -2.20. The molecule has 1 aromatic heterocycles. The van der Waals surface area contributed by atoms with Crippen LogP contribution in [-0.4, -0.2) is 25.2 Å². The molecule has 0 fully saturated rings. The number of nitrogen functional groups attached to an aromatic ring is 1. The van der Waals surface area contributed by atoms with E-state index in [0.29, 0.717) is 30.0 Å². The van der Waals surface area contributed by atoms with Gasteiger partial charge >= 0.3 is 0 Å². The van der Waals surface area contributed by atoms with E-state index in [1.807, 2.05) is 19.2 Å². The second-order valence-electron chi connectivity index (χ2n) is 5.87. The molecule has 0 aromatic carbocycles. The van der Waals surface area contributed by atoms with Crippen LogP contribution in [0.5, 0.6) is 5.88 Å². The van der Waals surface area contributed by atoms with E-state index in [4.69, 9.17) is 10.5 Å². The van der Waals surface area contributed by atoms with Crippen molar-refractivity contribution in [2.75, 3.05) is 30.8 Å². The van der Waals surface area contributed by atoms with Crippen molar-refractivity contribution in [3.8, 4) is 5.88 Å². The molecule has 0 aliphatic heterocycles. The van der Waals surface area contributed by atoms with Gasteiger partial charge in [0.1, 0.15) is 5.82 Å². The lowest BCUT2D eigenvalue weighted by Crippen LogP contribution is -2.21. The Balaban J connectivity index is 2.71. The van der Waals surface area contributed by atoms with E-state index in [9.17, 15) is 0 Å². The van der Waals surface area contributed by atoms with Crippen molar-refractivity contribution in [3.05, 3.63) is 12.1 Å². The first-order valence-electron chi connectivity index (χ1n) is 7.00. The van der Waals surface area contributed by atoms with Crippen molar-refractivity contribution in [2.24, 2.45) is 11.8 Å². The average Bonchev–Trinajstić information content (AvgIpc) is 2.34. The van der Waals surface area contributed by atoms with Gasteiger partial charge in [-0.15, -0.1) is 0 Å². The molecule has 0 unspecified atom stereocenters. The number of hydrogen-bond donors (Lipinski definition) is 1. The maximum Gasteiger partial charge on any atom is 0.239 e. The lowest BCUT2D eigenvalue weighted by atomic mass is 10.1. The Bertz CT molecular complexity index is 391. The normalized spacial score (nSPS) is 11.1. The Kier molecular flexibility index (Phi) is 5.93. The third kappa shape index (κ3) is 5.37. The van der Waals surface area contributed by atoms with Gasteiger partial charge in [-0.1, -0.05) is 27.7 Å². The van der Waals surface area contributed by atoms with Gasteiger partial charge in [0.25, 0.3) is 0 Å².